The molecule has 0 saturated heterocycles. The van der Waals surface area contributed by atoms with Gasteiger partial charge in [0.2, 0.25) is 0 Å². The van der Waals surface area contributed by atoms with Gasteiger partial charge in [-0.3, -0.25) is 0 Å². The van der Waals surface area contributed by atoms with Crippen molar-refractivity contribution in [3.8, 4) is 6.07 Å². The standard InChI is InChI=1S/C12H17N/c1-3-5-7-11(4-2)12(10-13)8-6-9-12/h3,5,7H,4,6,8-9H2,1-2H3/b5-3-,11-7+. The van der Waals surface area contributed by atoms with Gasteiger partial charge in [0.15, 0.2) is 0 Å². The maximum Gasteiger partial charge on any atom is 0.0785 e. The van der Waals surface area contributed by atoms with E-state index in [4.69, 9.17) is 5.26 Å². The lowest BCUT2D eigenvalue weighted by molar-refractivity contribution is 0.262. The van der Waals surface area contributed by atoms with E-state index in [2.05, 4.69) is 19.1 Å². The number of allylic oxidation sites excluding steroid dienone is 4. The van der Waals surface area contributed by atoms with Crippen LogP contribution in [0, 0.1) is 16.7 Å². The van der Waals surface area contributed by atoms with Gasteiger partial charge in [-0.2, -0.15) is 5.26 Å². The van der Waals surface area contributed by atoms with Crippen molar-refractivity contribution in [1.82, 2.24) is 0 Å². The highest BCUT2D eigenvalue weighted by Gasteiger charge is 2.39. The Labute approximate surface area is 80.8 Å². The van der Waals surface area contributed by atoms with Crippen molar-refractivity contribution in [2.45, 2.75) is 39.5 Å². The summed E-state index contributed by atoms with van der Waals surface area (Å²) in [5, 5.41) is 9.12. The van der Waals surface area contributed by atoms with Crippen LogP contribution < -0.4 is 0 Å². The minimum atomic E-state index is -0.103. The fourth-order valence-electron chi connectivity index (χ4n) is 1.86. The first kappa shape index (κ1) is 10.1. The molecule has 1 heteroatoms. The maximum atomic E-state index is 9.12. The van der Waals surface area contributed by atoms with Crippen LogP contribution in [0.3, 0.4) is 0 Å². The second-order valence-corrected chi connectivity index (χ2v) is 3.62. The van der Waals surface area contributed by atoms with Crippen LogP contribution >= 0.6 is 0 Å². The second-order valence-electron chi connectivity index (χ2n) is 3.62. The topological polar surface area (TPSA) is 23.8 Å². The number of nitriles is 1. The van der Waals surface area contributed by atoms with E-state index in [1.54, 1.807) is 0 Å². The third-order valence-electron chi connectivity index (χ3n) is 2.91. The van der Waals surface area contributed by atoms with E-state index < -0.39 is 0 Å². The molecule has 1 aliphatic rings. The molecule has 1 aliphatic carbocycles. The van der Waals surface area contributed by atoms with Crippen LogP contribution in [-0.2, 0) is 0 Å². The molecular formula is C12H17N. The molecule has 1 rings (SSSR count). The molecular weight excluding hydrogens is 158 g/mol. The SMILES string of the molecule is C/C=C\C=C(/CC)C1(C#N)CCC1. The molecule has 1 fully saturated rings. The molecule has 0 N–H and O–H groups in total. The molecule has 0 aliphatic heterocycles. The Kier molecular flexibility index (Phi) is 3.31. The smallest absolute Gasteiger partial charge is 0.0785 e. The summed E-state index contributed by atoms with van der Waals surface area (Å²) in [6, 6.07) is 2.47. The predicted octanol–water partition coefficient (Wildman–Crippen LogP) is 3.59. The quantitative estimate of drug-likeness (QED) is 0.601. The van der Waals surface area contributed by atoms with E-state index in [9.17, 15) is 0 Å². The molecule has 13 heavy (non-hydrogen) atoms. The van der Waals surface area contributed by atoms with Gasteiger partial charge in [-0.05, 0) is 32.6 Å². The molecule has 1 nitrogen and oxygen atoms in total. The summed E-state index contributed by atoms with van der Waals surface area (Å²) < 4.78 is 0. The van der Waals surface area contributed by atoms with Gasteiger partial charge in [0.1, 0.15) is 0 Å². The highest BCUT2D eigenvalue weighted by atomic mass is 14.4. The van der Waals surface area contributed by atoms with Crippen LogP contribution in [0.25, 0.3) is 0 Å². The second kappa shape index (κ2) is 4.28. The van der Waals surface area contributed by atoms with Gasteiger partial charge >= 0.3 is 0 Å². The summed E-state index contributed by atoms with van der Waals surface area (Å²) in [6.07, 6.45) is 10.5. The number of hydrogen-bond acceptors (Lipinski definition) is 1. The van der Waals surface area contributed by atoms with E-state index in [0.29, 0.717) is 0 Å². The minimum absolute atomic E-state index is 0.103. The summed E-state index contributed by atoms with van der Waals surface area (Å²) in [7, 11) is 0. The Bertz CT molecular complexity index is 261. The van der Waals surface area contributed by atoms with Gasteiger partial charge in [0.25, 0.3) is 0 Å². The van der Waals surface area contributed by atoms with Crippen LogP contribution in [0.2, 0.25) is 0 Å². The molecule has 0 heterocycles. The van der Waals surface area contributed by atoms with Crippen molar-refractivity contribution in [3.05, 3.63) is 23.8 Å². The van der Waals surface area contributed by atoms with E-state index in [1.807, 2.05) is 19.1 Å². The first-order valence-corrected chi connectivity index (χ1v) is 5.02. The van der Waals surface area contributed by atoms with Crippen molar-refractivity contribution >= 4 is 0 Å². The van der Waals surface area contributed by atoms with Crippen LogP contribution in [0.4, 0.5) is 0 Å². The molecule has 0 radical (unpaired) electrons. The third-order valence-corrected chi connectivity index (χ3v) is 2.91. The maximum absolute atomic E-state index is 9.12. The first-order chi connectivity index (χ1) is 6.29. The summed E-state index contributed by atoms with van der Waals surface area (Å²) in [5.41, 5.74) is 1.20. The monoisotopic (exact) mass is 175 g/mol. The van der Waals surface area contributed by atoms with Gasteiger partial charge in [0.05, 0.1) is 11.5 Å². The van der Waals surface area contributed by atoms with Crippen molar-refractivity contribution in [2.75, 3.05) is 0 Å². The molecule has 1 saturated carbocycles. The number of nitrogens with zero attached hydrogens (tertiary/aromatic N) is 1. The van der Waals surface area contributed by atoms with Crippen LogP contribution in [0.15, 0.2) is 23.8 Å². The zero-order chi connectivity index (χ0) is 9.73. The fraction of sp³-hybridized carbons (Fsp3) is 0.583. The highest BCUT2D eigenvalue weighted by Crippen LogP contribution is 2.47. The zero-order valence-electron chi connectivity index (χ0n) is 8.51. The zero-order valence-corrected chi connectivity index (χ0v) is 8.51. The molecule has 0 bridgehead atoms. The fourth-order valence-corrected chi connectivity index (χ4v) is 1.86. The van der Waals surface area contributed by atoms with E-state index in [-0.39, 0.29) is 5.41 Å². The molecule has 0 aromatic heterocycles. The third kappa shape index (κ3) is 1.83. The Morgan fingerprint density at radius 3 is 2.54 bits per heavy atom. The van der Waals surface area contributed by atoms with Gasteiger partial charge in [-0.25, -0.2) is 0 Å². The van der Waals surface area contributed by atoms with Gasteiger partial charge in [-0.15, -0.1) is 0 Å². The first-order valence-electron chi connectivity index (χ1n) is 5.02. The average molecular weight is 175 g/mol. The molecule has 0 atom stereocenters. The summed E-state index contributed by atoms with van der Waals surface area (Å²) >= 11 is 0. The molecule has 70 valence electrons. The Hall–Kier alpha value is -1.03. The van der Waals surface area contributed by atoms with Gasteiger partial charge < -0.3 is 0 Å². The largest absolute Gasteiger partial charge is 0.197 e. The Morgan fingerprint density at radius 2 is 2.23 bits per heavy atom. The van der Waals surface area contributed by atoms with Gasteiger partial charge in [0, 0.05) is 0 Å². The molecule has 0 amide bonds. The number of hydrogen-bond donors (Lipinski definition) is 0. The molecule has 0 spiro atoms. The average Bonchev–Trinajstić information content (AvgIpc) is 2.09. The van der Waals surface area contributed by atoms with E-state index in [1.165, 1.54) is 12.0 Å². The van der Waals surface area contributed by atoms with Crippen LogP contribution in [0.5, 0.6) is 0 Å². The Morgan fingerprint density at radius 1 is 1.54 bits per heavy atom. The van der Waals surface area contributed by atoms with E-state index >= 15 is 0 Å². The van der Waals surface area contributed by atoms with Crippen molar-refractivity contribution in [2.24, 2.45) is 5.41 Å². The van der Waals surface area contributed by atoms with Gasteiger partial charge in [-0.1, -0.05) is 30.7 Å². The number of rotatable bonds is 3. The molecule has 0 aromatic carbocycles. The summed E-state index contributed by atoms with van der Waals surface area (Å²) in [5.74, 6) is 0. The summed E-state index contributed by atoms with van der Waals surface area (Å²) in [6.45, 7) is 4.14. The lowest BCUT2D eigenvalue weighted by atomic mass is 9.64. The highest BCUT2D eigenvalue weighted by molar-refractivity contribution is 5.29. The van der Waals surface area contributed by atoms with Crippen molar-refractivity contribution in [3.63, 3.8) is 0 Å². The Balaban J connectivity index is 2.82. The molecule has 0 unspecified atom stereocenters. The lowest BCUT2D eigenvalue weighted by Crippen LogP contribution is -2.29. The van der Waals surface area contributed by atoms with E-state index in [0.717, 1.165) is 19.3 Å². The minimum Gasteiger partial charge on any atom is -0.197 e. The predicted molar refractivity (Wildman–Crippen MR) is 55.1 cm³/mol. The molecule has 0 aromatic rings. The summed E-state index contributed by atoms with van der Waals surface area (Å²) in [4.78, 5) is 0. The lowest BCUT2D eigenvalue weighted by Gasteiger charge is -2.37. The van der Waals surface area contributed by atoms with Crippen LogP contribution in [0.1, 0.15) is 39.5 Å². The normalized spacial score (nSPS) is 21.2. The van der Waals surface area contributed by atoms with Crippen LogP contribution in [-0.4, -0.2) is 0 Å². The van der Waals surface area contributed by atoms with Crippen molar-refractivity contribution < 1.29 is 0 Å². The van der Waals surface area contributed by atoms with Crippen molar-refractivity contribution in [1.29, 1.82) is 5.26 Å².